The SMILES string of the molecule is C1CSC(CC[C@@H]2COCCO2)SC1. The van der Waals surface area contributed by atoms with E-state index >= 15 is 0 Å². The number of rotatable bonds is 3. The van der Waals surface area contributed by atoms with Gasteiger partial charge in [-0.25, -0.2) is 0 Å². The van der Waals surface area contributed by atoms with Crippen LogP contribution in [-0.4, -0.2) is 42.0 Å². The van der Waals surface area contributed by atoms with Crippen molar-refractivity contribution in [2.75, 3.05) is 31.3 Å². The second kappa shape index (κ2) is 6.26. The Morgan fingerprint density at radius 1 is 1.07 bits per heavy atom. The Balaban J connectivity index is 1.60. The molecular formula is C10H18O2S2. The first-order chi connectivity index (χ1) is 6.95. The highest BCUT2D eigenvalue weighted by Gasteiger charge is 2.19. The van der Waals surface area contributed by atoms with E-state index in [-0.39, 0.29) is 0 Å². The summed E-state index contributed by atoms with van der Waals surface area (Å²) in [6, 6.07) is 0. The van der Waals surface area contributed by atoms with Crippen LogP contribution in [0.15, 0.2) is 0 Å². The molecule has 0 aromatic rings. The molecule has 0 bridgehead atoms. The molecule has 4 heteroatoms. The van der Waals surface area contributed by atoms with Crippen molar-refractivity contribution < 1.29 is 9.47 Å². The highest BCUT2D eigenvalue weighted by molar-refractivity contribution is 8.17. The summed E-state index contributed by atoms with van der Waals surface area (Å²) in [5.74, 6) is 2.69. The molecule has 2 aliphatic rings. The van der Waals surface area contributed by atoms with Gasteiger partial charge in [-0.1, -0.05) is 0 Å². The molecule has 2 fully saturated rings. The molecule has 2 aliphatic heterocycles. The van der Waals surface area contributed by atoms with Crippen molar-refractivity contribution in [3.05, 3.63) is 0 Å². The van der Waals surface area contributed by atoms with Gasteiger partial charge in [0.1, 0.15) is 0 Å². The summed E-state index contributed by atoms with van der Waals surface area (Å²) in [6.45, 7) is 2.38. The summed E-state index contributed by atoms with van der Waals surface area (Å²) < 4.78 is 11.8. The molecule has 1 atom stereocenters. The van der Waals surface area contributed by atoms with Gasteiger partial charge in [0.2, 0.25) is 0 Å². The molecule has 0 spiro atoms. The fourth-order valence-corrected chi connectivity index (χ4v) is 4.63. The Bertz CT molecular complexity index is 136. The number of hydrogen-bond donors (Lipinski definition) is 0. The molecule has 0 aromatic carbocycles. The minimum atomic E-state index is 0.367. The third-order valence-corrected chi connectivity index (χ3v) is 5.59. The molecule has 0 aliphatic carbocycles. The fraction of sp³-hybridized carbons (Fsp3) is 1.00. The maximum Gasteiger partial charge on any atom is 0.0810 e. The van der Waals surface area contributed by atoms with Crippen molar-refractivity contribution in [2.24, 2.45) is 0 Å². The minimum Gasteiger partial charge on any atom is -0.376 e. The van der Waals surface area contributed by atoms with Gasteiger partial charge in [-0.15, -0.1) is 23.5 Å². The van der Waals surface area contributed by atoms with E-state index in [2.05, 4.69) is 23.5 Å². The Hall–Kier alpha value is 0.620. The van der Waals surface area contributed by atoms with Crippen molar-refractivity contribution in [3.63, 3.8) is 0 Å². The quantitative estimate of drug-likeness (QED) is 0.746. The second-order valence-electron chi connectivity index (χ2n) is 3.67. The van der Waals surface area contributed by atoms with Crippen LogP contribution in [0.2, 0.25) is 0 Å². The van der Waals surface area contributed by atoms with Crippen molar-refractivity contribution >= 4 is 23.5 Å². The molecular weight excluding hydrogens is 216 g/mol. The summed E-state index contributed by atoms with van der Waals surface area (Å²) in [6.07, 6.45) is 4.20. The fourth-order valence-electron chi connectivity index (χ4n) is 1.73. The molecule has 0 amide bonds. The first-order valence-corrected chi connectivity index (χ1v) is 7.47. The van der Waals surface area contributed by atoms with Crippen LogP contribution in [0.4, 0.5) is 0 Å². The van der Waals surface area contributed by atoms with Gasteiger partial charge in [0.25, 0.3) is 0 Å². The van der Waals surface area contributed by atoms with Crippen LogP contribution in [0.3, 0.4) is 0 Å². The summed E-state index contributed by atoms with van der Waals surface area (Å²) >= 11 is 4.24. The molecule has 2 heterocycles. The van der Waals surface area contributed by atoms with Gasteiger partial charge >= 0.3 is 0 Å². The molecule has 14 heavy (non-hydrogen) atoms. The average molecular weight is 234 g/mol. The Morgan fingerprint density at radius 2 is 1.93 bits per heavy atom. The lowest BCUT2D eigenvalue weighted by Crippen LogP contribution is -2.29. The molecule has 0 radical (unpaired) electrons. The van der Waals surface area contributed by atoms with Crippen molar-refractivity contribution in [2.45, 2.75) is 29.9 Å². The van der Waals surface area contributed by atoms with Crippen LogP contribution in [0.25, 0.3) is 0 Å². The van der Waals surface area contributed by atoms with Gasteiger partial charge in [0.05, 0.1) is 30.5 Å². The van der Waals surface area contributed by atoms with Crippen LogP contribution in [0.1, 0.15) is 19.3 Å². The van der Waals surface area contributed by atoms with Gasteiger partial charge in [0.15, 0.2) is 0 Å². The van der Waals surface area contributed by atoms with E-state index in [1.54, 1.807) is 0 Å². The lowest BCUT2D eigenvalue weighted by Gasteiger charge is -2.26. The Labute approximate surface area is 94.5 Å². The van der Waals surface area contributed by atoms with Crippen LogP contribution < -0.4 is 0 Å². The first-order valence-electron chi connectivity index (χ1n) is 5.38. The molecule has 0 saturated carbocycles. The highest BCUT2D eigenvalue weighted by Crippen LogP contribution is 2.34. The van der Waals surface area contributed by atoms with Gasteiger partial charge in [-0.3, -0.25) is 0 Å². The van der Waals surface area contributed by atoms with Gasteiger partial charge in [-0.05, 0) is 30.8 Å². The summed E-state index contributed by atoms with van der Waals surface area (Å²) in [5.41, 5.74) is 0. The van der Waals surface area contributed by atoms with E-state index in [9.17, 15) is 0 Å². The number of hydrogen-bond acceptors (Lipinski definition) is 4. The maximum absolute atomic E-state index is 5.63. The van der Waals surface area contributed by atoms with E-state index in [1.165, 1.54) is 30.8 Å². The second-order valence-corrected chi connectivity index (χ2v) is 6.59. The predicted molar refractivity (Wildman–Crippen MR) is 63.1 cm³/mol. The van der Waals surface area contributed by atoms with E-state index in [0.29, 0.717) is 6.10 Å². The van der Waals surface area contributed by atoms with Crippen molar-refractivity contribution in [1.29, 1.82) is 0 Å². The Morgan fingerprint density at radius 3 is 2.64 bits per heavy atom. The topological polar surface area (TPSA) is 18.5 Å². The average Bonchev–Trinajstić information content (AvgIpc) is 2.29. The van der Waals surface area contributed by atoms with E-state index in [0.717, 1.165) is 24.4 Å². The van der Waals surface area contributed by atoms with E-state index in [1.807, 2.05) is 0 Å². The third-order valence-electron chi connectivity index (χ3n) is 2.51. The lowest BCUT2D eigenvalue weighted by molar-refractivity contribution is -0.0907. The molecule has 0 aromatic heterocycles. The zero-order chi connectivity index (χ0) is 9.64. The largest absolute Gasteiger partial charge is 0.376 e. The standard InChI is InChI=1S/C10H18O2S2/c1-6-13-10(14-7-1)3-2-9-8-11-4-5-12-9/h9-10H,1-8H2/t9-/m1/s1. The first kappa shape index (κ1) is 11.1. The summed E-state index contributed by atoms with van der Waals surface area (Å²) in [5, 5.41) is 0. The van der Waals surface area contributed by atoms with E-state index in [4.69, 9.17) is 9.47 Å². The Kier molecular flexibility index (Phi) is 4.97. The predicted octanol–water partition coefficient (Wildman–Crippen LogP) is 2.38. The third kappa shape index (κ3) is 3.65. The molecule has 2 saturated heterocycles. The molecule has 2 nitrogen and oxygen atoms in total. The zero-order valence-electron chi connectivity index (χ0n) is 8.44. The van der Waals surface area contributed by atoms with Crippen LogP contribution in [0, 0.1) is 0 Å². The monoisotopic (exact) mass is 234 g/mol. The molecule has 0 unspecified atom stereocenters. The van der Waals surface area contributed by atoms with Crippen LogP contribution in [0.5, 0.6) is 0 Å². The van der Waals surface area contributed by atoms with Crippen LogP contribution in [-0.2, 0) is 9.47 Å². The van der Waals surface area contributed by atoms with Gasteiger partial charge in [0, 0.05) is 0 Å². The van der Waals surface area contributed by atoms with Gasteiger partial charge in [-0.2, -0.15) is 0 Å². The molecule has 0 N–H and O–H groups in total. The molecule has 82 valence electrons. The maximum atomic E-state index is 5.63. The highest BCUT2D eigenvalue weighted by atomic mass is 32.2. The van der Waals surface area contributed by atoms with Crippen molar-refractivity contribution in [1.82, 2.24) is 0 Å². The zero-order valence-corrected chi connectivity index (χ0v) is 10.1. The summed E-state index contributed by atoms with van der Waals surface area (Å²) in [4.78, 5) is 0. The number of ether oxygens (including phenoxy) is 2. The minimum absolute atomic E-state index is 0.367. The number of thioether (sulfide) groups is 2. The van der Waals surface area contributed by atoms with Gasteiger partial charge < -0.3 is 9.47 Å². The normalized spacial score (nSPS) is 30.4. The van der Waals surface area contributed by atoms with Crippen LogP contribution >= 0.6 is 23.5 Å². The lowest BCUT2D eigenvalue weighted by atomic mass is 10.2. The smallest absolute Gasteiger partial charge is 0.0810 e. The van der Waals surface area contributed by atoms with E-state index < -0.39 is 0 Å². The molecule has 2 rings (SSSR count). The van der Waals surface area contributed by atoms with Crippen molar-refractivity contribution in [3.8, 4) is 0 Å². The summed E-state index contributed by atoms with van der Waals surface area (Å²) in [7, 11) is 0.